The van der Waals surface area contributed by atoms with E-state index in [0.29, 0.717) is 46.0 Å². The molecular formula is C24H22N6O3. The predicted octanol–water partition coefficient (Wildman–Crippen LogP) is 3.51. The average Bonchev–Trinajstić information content (AvgIpc) is 3.54. The van der Waals surface area contributed by atoms with Crippen LogP contribution in [0.4, 0.5) is 0 Å². The largest absolute Gasteiger partial charge is 0.467 e. The third-order valence-corrected chi connectivity index (χ3v) is 6.42. The molecular weight excluding hydrogens is 420 g/mol. The summed E-state index contributed by atoms with van der Waals surface area (Å²) in [6.45, 7) is 0.306. The molecule has 9 heteroatoms. The van der Waals surface area contributed by atoms with Crippen molar-refractivity contribution in [1.82, 2.24) is 29.3 Å². The first-order valence-corrected chi connectivity index (χ1v) is 11.2. The van der Waals surface area contributed by atoms with Gasteiger partial charge in [0.2, 0.25) is 0 Å². The molecule has 0 amide bonds. The van der Waals surface area contributed by atoms with Crippen LogP contribution in [0.3, 0.4) is 0 Å². The highest BCUT2D eigenvalue weighted by Crippen LogP contribution is 2.30. The SMILES string of the molecule is O=c1c2cc3c(=O)n(-c4n[nH]c(C5CCCCC5)n4)ccc3nc2ccn1Cc1ccco1. The number of nitrogens with one attached hydrogen (secondary N) is 1. The van der Waals surface area contributed by atoms with Gasteiger partial charge in [-0.3, -0.25) is 14.7 Å². The molecule has 0 atom stereocenters. The van der Waals surface area contributed by atoms with Crippen molar-refractivity contribution in [2.75, 3.05) is 0 Å². The van der Waals surface area contributed by atoms with Gasteiger partial charge in [0.05, 0.1) is 34.6 Å². The minimum Gasteiger partial charge on any atom is -0.467 e. The fraction of sp³-hybridized carbons (Fsp3) is 0.292. The maximum Gasteiger partial charge on any atom is 0.267 e. The molecule has 0 aromatic carbocycles. The van der Waals surface area contributed by atoms with Gasteiger partial charge in [-0.25, -0.2) is 9.55 Å². The molecule has 166 valence electrons. The van der Waals surface area contributed by atoms with E-state index in [4.69, 9.17) is 4.42 Å². The Bertz CT molecular complexity index is 1570. The fourth-order valence-electron chi connectivity index (χ4n) is 4.65. The molecule has 1 saturated carbocycles. The normalized spacial score (nSPS) is 14.9. The Balaban J connectivity index is 1.43. The Morgan fingerprint density at radius 3 is 2.55 bits per heavy atom. The van der Waals surface area contributed by atoms with Crippen LogP contribution in [0.1, 0.15) is 49.6 Å². The average molecular weight is 442 g/mol. The van der Waals surface area contributed by atoms with E-state index in [1.807, 2.05) is 6.07 Å². The summed E-state index contributed by atoms with van der Waals surface area (Å²) in [6.07, 6.45) is 10.7. The number of nitrogens with zero attached hydrogens (tertiary/aromatic N) is 5. The van der Waals surface area contributed by atoms with Gasteiger partial charge in [0.15, 0.2) is 0 Å². The second kappa shape index (κ2) is 7.84. The Kier molecular flexibility index (Phi) is 4.67. The van der Waals surface area contributed by atoms with E-state index in [9.17, 15) is 9.59 Å². The van der Waals surface area contributed by atoms with Crippen LogP contribution in [0.15, 0.2) is 63.0 Å². The summed E-state index contributed by atoms with van der Waals surface area (Å²) in [7, 11) is 0. The number of furan rings is 1. The van der Waals surface area contributed by atoms with Crippen molar-refractivity contribution < 1.29 is 4.42 Å². The summed E-state index contributed by atoms with van der Waals surface area (Å²) in [5, 5.41) is 8.04. The van der Waals surface area contributed by atoms with Gasteiger partial charge in [0.25, 0.3) is 17.1 Å². The summed E-state index contributed by atoms with van der Waals surface area (Å²) in [5.74, 6) is 2.17. The second-order valence-corrected chi connectivity index (χ2v) is 8.53. The first-order valence-electron chi connectivity index (χ1n) is 11.2. The summed E-state index contributed by atoms with van der Waals surface area (Å²) in [6, 6.07) is 8.73. The van der Waals surface area contributed by atoms with Crippen LogP contribution in [0.5, 0.6) is 0 Å². The van der Waals surface area contributed by atoms with Crippen LogP contribution in [0.2, 0.25) is 0 Å². The minimum absolute atomic E-state index is 0.231. The first kappa shape index (κ1) is 19.7. The number of aromatic amines is 1. The quantitative estimate of drug-likeness (QED) is 0.426. The number of pyridine rings is 3. The van der Waals surface area contributed by atoms with Gasteiger partial charge in [-0.1, -0.05) is 19.3 Å². The summed E-state index contributed by atoms with van der Waals surface area (Å²) in [4.78, 5) is 35.6. The molecule has 6 rings (SSSR count). The topological polar surface area (TPSA) is 112 Å². The molecule has 1 aliphatic rings. The van der Waals surface area contributed by atoms with Crippen molar-refractivity contribution in [3.05, 3.63) is 81.3 Å². The molecule has 5 aromatic heterocycles. The maximum absolute atomic E-state index is 13.3. The highest BCUT2D eigenvalue weighted by atomic mass is 16.3. The number of rotatable bonds is 4. The standard InChI is InChI=1S/C24H22N6O3/c31-22-17-13-18-20(25-19(17)8-10-29(22)14-16-7-4-12-33-16)9-11-30(23(18)32)24-26-21(27-28-24)15-5-2-1-3-6-15/h4,7-13,15H,1-3,5-6,14H2,(H,26,27,28). The van der Waals surface area contributed by atoms with E-state index in [1.165, 1.54) is 23.8 Å². The van der Waals surface area contributed by atoms with Gasteiger partial charge in [-0.15, -0.1) is 5.10 Å². The third kappa shape index (κ3) is 3.45. The van der Waals surface area contributed by atoms with Crippen molar-refractivity contribution in [3.8, 4) is 5.95 Å². The first-order chi connectivity index (χ1) is 16.2. The number of H-pyrrole nitrogens is 1. The molecule has 0 spiro atoms. The Morgan fingerprint density at radius 2 is 1.76 bits per heavy atom. The fourth-order valence-corrected chi connectivity index (χ4v) is 4.65. The summed E-state index contributed by atoms with van der Waals surface area (Å²) >= 11 is 0. The lowest BCUT2D eigenvalue weighted by Crippen LogP contribution is -2.22. The van der Waals surface area contributed by atoms with Gasteiger partial charge in [-0.05, 0) is 43.2 Å². The molecule has 1 aliphatic carbocycles. The van der Waals surface area contributed by atoms with E-state index in [1.54, 1.807) is 47.5 Å². The molecule has 1 N–H and O–H groups in total. The monoisotopic (exact) mass is 442 g/mol. The zero-order valence-corrected chi connectivity index (χ0v) is 17.9. The van der Waals surface area contributed by atoms with Crippen LogP contribution in [0, 0.1) is 0 Å². The highest BCUT2D eigenvalue weighted by molar-refractivity contribution is 5.91. The van der Waals surface area contributed by atoms with Gasteiger partial charge in [-0.2, -0.15) is 4.98 Å². The summed E-state index contributed by atoms with van der Waals surface area (Å²) in [5.41, 5.74) is 0.523. The van der Waals surface area contributed by atoms with Crippen molar-refractivity contribution in [3.63, 3.8) is 0 Å². The van der Waals surface area contributed by atoms with E-state index < -0.39 is 0 Å². The lowest BCUT2D eigenvalue weighted by molar-refractivity contribution is 0.429. The van der Waals surface area contributed by atoms with Gasteiger partial charge in [0.1, 0.15) is 11.6 Å². The highest BCUT2D eigenvalue weighted by Gasteiger charge is 2.20. The molecule has 33 heavy (non-hydrogen) atoms. The van der Waals surface area contributed by atoms with Gasteiger partial charge < -0.3 is 8.98 Å². The number of hydrogen-bond acceptors (Lipinski definition) is 6. The van der Waals surface area contributed by atoms with Crippen LogP contribution < -0.4 is 11.1 Å². The zero-order chi connectivity index (χ0) is 22.4. The Morgan fingerprint density at radius 1 is 0.970 bits per heavy atom. The number of hydrogen-bond donors (Lipinski definition) is 1. The molecule has 0 aliphatic heterocycles. The zero-order valence-electron chi connectivity index (χ0n) is 17.9. The Hall–Kier alpha value is -4.01. The van der Waals surface area contributed by atoms with Crippen LogP contribution in [-0.4, -0.2) is 29.3 Å². The molecule has 0 saturated heterocycles. The molecule has 0 radical (unpaired) electrons. The summed E-state index contributed by atoms with van der Waals surface area (Å²) < 4.78 is 8.31. The molecule has 0 bridgehead atoms. The van der Waals surface area contributed by atoms with E-state index in [2.05, 4.69) is 20.2 Å². The van der Waals surface area contributed by atoms with Crippen molar-refractivity contribution in [2.45, 2.75) is 44.6 Å². The van der Waals surface area contributed by atoms with E-state index >= 15 is 0 Å². The second-order valence-electron chi connectivity index (χ2n) is 8.53. The number of fused-ring (bicyclic) bond motifs is 2. The smallest absolute Gasteiger partial charge is 0.267 e. The van der Waals surface area contributed by atoms with Crippen LogP contribution in [0.25, 0.3) is 27.8 Å². The van der Waals surface area contributed by atoms with Crippen LogP contribution >= 0.6 is 0 Å². The Labute approximate surface area is 187 Å². The predicted molar refractivity (Wildman–Crippen MR) is 123 cm³/mol. The lowest BCUT2D eigenvalue weighted by atomic mass is 9.89. The van der Waals surface area contributed by atoms with Crippen molar-refractivity contribution in [2.24, 2.45) is 0 Å². The maximum atomic E-state index is 13.3. The van der Waals surface area contributed by atoms with E-state index in [0.717, 1.165) is 18.7 Å². The third-order valence-electron chi connectivity index (χ3n) is 6.42. The molecule has 9 nitrogen and oxygen atoms in total. The van der Waals surface area contributed by atoms with Gasteiger partial charge >= 0.3 is 0 Å². The van der Waals surface area contributed by atoms with Crippen molar-refractivity contribution in [1.29, 1.82) is 0 Å². The molecule has 5 heterocycles. The lowest BCUT2D eigenvalue weighted by Gasteiger charge is -2.18. The molecule has 5 aromatic rings. The minimum atomic E-state index is -0.308. The molecule has 1 fully saturated rings. The van der Waals surface area contributed by atoms with Gasteiger partial charge in [0, 0.05) is 18.3 Å². The molecule has 0 unspecified atom stereocenters. The van der Waals surface area contributed by atoms with E-state index in [-0.39, 0.29) is 11.1 Å². The van der Waals surface area contributed by atoms with Crippen LogP contribution in [-0.2, 0) is 6.54 Å². The number of aromatic nitrogens is 6. The van der Waals surface area contributed by atoms with Crippen molar-refractivity contribution >= 4 is 21.8 Å².